The molecular weight excluding hydrogens is 174 g/mol. The van der Waals surface area contributed by atoms with Gasteiger partial charge in [0, 0.05) is 30.7 Å². The van der Waals surface area contributed by atoms with Crippen LogP contribution in [0.5, 0.6) is 0 Å². The van der Waals surface area contributed by atoms with Gasteiger partial charge in [0.2, 0.25) is 0 Å². The van der Waals surface area contributed by atoms with Gasteiger partial charge in [-0.25, -0.2) is 0 Å². The Balaban J connectivity index is 2.44. The molecule has 0 aliphatic carbocycles. The lowest BCUT2D eigenvalue weighted by Gasteiger charge is -1.97. The average molecular weight is 189 g/mol. The summed E-state index contributed by atoms with van der Waals surface area (Å²) in [6.45, 7) is 0.813. The molecule has 2 aromatic rings. The number of nitrogens with one attached hydrogen (secondary N) is 1. The molecule has 0 saturated carbocycles. The Bertz CT molecular complexity index is 431. The lowest BCUT2D eigenvalue weighted by molar-refractivity contribution is 0.729. The van der Waals surface area contributed by atoms with E-state index < -0.39 is 0 Å². The maximum atomic E-state index is 5.27. The van der Waals surface area contributed by atoms with Gasteiger partial charge < -0.3 is 4.57 Å². The van der Waals surface area contributed by atoms with Crippen LogP contribution in [-0.2, 0) is 13.5 Å². The van der Waals surface area contributed by atoms with Gasteiger partial charge in [-0.15, -0.1) is 0 Å². The molecule has 14 heavy (non-hydrogen) atoms. The van der Waals surface area contributed by atoms with Crippen molar-refractivity contribution in [1.82, 2.24) is 9.99 Å². The highest BCUT2D eigenvalue weighted by Gasteiger charge is 2.04. The van der Waals surface area contributed by atoms with E-state index in [0.717, 1.165) is 13.0 Å². The van der Waals surface area contributed by atoms with Gasteiger partial charge in [0.25, 0.3) is 0 Å². The first-order chi connectivity index (χ1) is 6.83. The van der Waals surface area contributed by atoms with E-state index in [4.69, 9.17) is 5.84 Å². The first-order valence-electron chi connectivity index (χ1n) is 4.79. The number of benzene rings is 1. The summed E-state index contributed by atoms with van der Waals surface area (Å²) in [6.07, 6.45) is 3.14. The summed E-state index contributed by atoms with van der Waals surface area (Å²) in [5.41, 5.74) is 5.31. The third-order valence-electron chi connectivity index (χ3n) is 2.52. The van der Waals surface area contributed by atoms with E-state index in [9.17, 15) is 0 Å². The minimum atomic E-state index is 0.813. The number of hydrogen-bond acceptors (Lipinski definition) is 2. The smallest absolute Gasteiger partial charge is 0.0480 e. The number of hydrazine groups is 1. The van der Waals surface area contributed by atoms with E-state index in [0.29, 0.717) is 0 Å². The third-order valence-corrected chi connectivity index (χ3v) is 2.52. The number of para-hydroxylation sites is 1. The first-order valence-corrected chi connectivity index (χ1v) is 4.79. The SMILES string of the molecule is Cn1cc(CCNN)c2ccccc21. The second-order valence-electron chi connectivity index (χ2n) is 3.49. The maximum Gasteiger partial charge on any atom is 0.0480 e. The molecule has 0 aliphatic rings. The van der Waals surface area contributed by atoms with Crippen LogP contribution in [0, 0.1) is 0 Å². The predicted octanol–water partition coefficient (Wildman–Crippen LogP) is 1.18. The standard InChI is InChI=1S/C11H15N3/c1-14-8-9(6-7-13-12)10-4-2-3-5-11(10)14/h2-5,8,13H,6-7,12H2,1H3. The summed E-state index contributed by atoms with van der Waals surface area (Å²) in [4.78, 5) is 0. The van der Waals surface area contributed by atoms with Crippen LogP contribution < -0.4 is 11.3 Å². The average Bonchev–Trinajstić information content (AvgIpc) is 2.54. The molecule has 1 heterocycles. The molecule has 0 bridgehead atoms. The van der Waals surface area contributed by atoms with Crippen LogP contribution in [-0.4, -0.2) is 11.1 Å². The van der Waals surface area contributed by atoms with Crippen molar-refractivity contribution in [2.45, 2.75) is 6.42 Å². The zero-order chi connectivity index (χ0) is 9.97. The van der Waals surface area contributed by atoms with E-state index in [1.807, 2.05) is 0 Å². The lowest BCUT2D eigenvalue weighted by atomic mass is 10.1. The molecule has 0 spiro atoms. The van der Waals surface area contributed by atoms with Crippen LogP contribution in [0.15, 0.2) is 30.5 Å². The molecule has 1 aromatic heterocycles. The van der Waals surface area contributed by atoms with Gasteiger partial charge in [-0.3, -0.25) is 11.3 Å². The molecule has 3 heteroatoms. The molecular formula is C11H15N3. The van der Waals surface area contributed by atoms with Crippen LogP contribution in [0.25, 0.3) is 10.9 Å². The predicted molar refractivity (Wildman–Crippen MR) is 58.8 cm³/mol. The molecule has 0 atom stereocenters. The van der Waals surface area contributed by atoms with Gasteiger partial charge in [-0.1, -0.05) is 18.2 Å². The van der Waals surface area contributed by atoms with Gasteiger partial charge in [-0.05, 0) is 18.1 Å². The second-order valence-corrected chi connectivity index (χ2v) is 3.49. The second kappa shape index (κ2) is 3.82. The van der Waals surface area contributed by atoms with Gasteiger partial charge in [0.1, 0.15) is 0 Å². The Morgan fingerprint density at radius 3 is 2.93 bits per heavy atom. The molecule has 2 rings (SSSR count). The molecule has 0 aliphatic heterocycles. The molecule has 1 aromatic carbocycles. The van der Waals surface area contributed by atoms with Crippen molar-refractivity contribution in [2.75, 3.05) is 6.54 Å². The van der Waals surface area contributed by atoms with E-state index in [1.165, 1.54) is 16.5 Å². The first kappa shape index (κ1) is 9.24. The quantitative estimate of drug-likeness (QED) is 0.562. The zero-order valence-electron chi connectivity index (χ0n) is 8.33. The number of fused-ring (bicyclic) bond motifs is 1. The highest BCUT2D eigenvalue weighted by atomic mass is 15.2. The fraction of sp³-hybridized carbons (Fsp3) is 0.273. The molecule has 3 N–H and O–H groups in total. The number of aromatic nitrogens is 1. The highest BCUT2D eigenvalue weighted by Crippen LogP contribution is 2.20. The van der Waals surface area contributed by atoms with E-state index >= 15 is 0 Å². The number of hydrogen-bond donors (Lipinski definition) is 2. The Labute approximate surface area is 83.5 Å². The Kier molecular flexibility index (Phi) is 2.52. The number of nitrogens with zero attached hydrogens (tertiary/aromatic N) is 1. The van der Waals surface area contributed by atoms with Crippen molar-refractivity contribution >= 4 is 10.9 Å². The van der Waals surface area contributed by atoms with Gasteiger partial charge in [0.15, 0.2) is 0 Å². The Morgan fingerprint density at radius 2 is 2.14 bits per heavy atom. The molecule has 0 fully saturated rings. The van der Waals surface area contributed by atoms with E-state index in [1.54, 1.807) is 0 Å². The Hall–Kier alpha value is -1.32. The van der Waals surface area contributed by atoms with Crippen molar-refractivity contribution in [3.05, 3.63) is 36.0 Å². The van der Waals surface area contributed by atoms with Crippen LogP contribution in [0.4, 0.5) is 0 Å². The highest BCUT2D eigenvalue weighted by molar-refractivity contribution is 5.83. The topological polar surface area (TPSA) is 43.0 Å². The van der Waals surface area contributed by atoms with Gasteiger partial charge in [-0.2, -0.15) is 0 Å². The maximum absolute atomic E-state index is 5.27. The van der Waals surface area contributed by atoms with Crippen LogP contribution >= 0.6 is 0 Å². The van der Waals surface area contributed by atoms with E-state index in [2.05, 4.69) is 47.5 Å². The molecule has 3 nitrogen and oxygen atoms in total. The van der Waals surface area contributed by atoms with Crippen molar-refractivity contribution < 1.29 is 0 Å². The normalized spacial score (nSPS) is 11.0. The lowest BCUT2D eigenvalue weighted by Crippen LogP contribution is -2.24. The molecule has 0 saturated heterocycles. The molecule has 0 radical (unpaired) electrons. The zero-order valence-corrected chi connectivity index (χ0v) is 8.33. The summed E-state index contributed by atoms with van der Waals surface area (Å²) < 4.78 is 2.15. The third kappa shape index (κ3) is 1.52. The number of nitrogens with two attached hydrogens (primary N) is 1. The minimum Gasteiger partial charge on any atom is -0.350 e. The fourth-order valence-corrected chi connectivity index (χ4v) is 1.83. The summed E-state index contributed by atoms with van der Waals surface area (Å²) in [5, 5.41) is 1.32. The van der Waals surface area contributed by atoms with Crippen LogP contribution in [0.1, 0.15) is 5.56 Å². The van der Waals surface area contributed by atoms with E-state index in [-0.39, 0.29) is 0 Å². The van der Waals surface area contributed by atoms with Crippen molar-refractivity contribution in [1.29, 1.82) is 0 Å². The summed E-state index contributed by atoms with van der Waals surface area (Å²) in [6, 6.07) is 8.42. The van der Waals surface area contributed by atoms with Crippen molar-refractivity contribution in [2.24, 2.45) is 12.9 Å². The largest absolute Gasteiger partial charge is 0.350 e. The minimum absolute atomic E-state index is 0.813. The fourth-order valence-electron chi connectivity index (χ4n) is 1.83. The van der Waals surface area contributed by atoms with Crippen LogP contribution in [0.2, 0.25) is 0 Å². The van der Waals surface area contributed by atoms with Gasteiger partial charge in [0.05, 0.1) is 0 Å². The molecule has 0 unspecified atom stereocenters. The van der Waals surface area contributed by atoms with Crippen molar-refractivity contribution in [3.63, 3.8) is 0 Å². The summed E-state index contributed by atoms with van der Waals surface area (Å²) in [5.74, 6) is 5.27. The number of aryl methyl sites for hydroxylation is 1. The molecule has 0 amide bonds. The van der Waals surface area contributed by atoms with Crippen LogP contribution in [0.3, 0.4) is 0 Å². The summed E-state index contributed by atoms with van der Waals surface area (Å²) >= 11 is 0. The number of rotatable bonds is 3. The monoisotopic (exact) mass is 189 g/mol. The van der Waals surface area contributed by atoms with Gasteiger partial charge >= 0.3 is 0 Å². The Morgan fingerprint density at radius 1 is 1.36 bits per heavy atom. The molecule has 74 valence electrons. The summed E-state index contributed by atoms with van der Waals surface area (Å²) in [7, 11) is 2.07. The van der Waals surface area contributed by atoms with Crippen molar-refractivity contribution in [3.8, 4) is 0 Å².